The van der Waals surface area contributed by atoms with Gasteiger partial charge in [0.05, 0.1) is 11.7 Å². The average Bonchev–Trinajstić information content (AvgIpc) is 3.38. The molecule has 2 aromatic rings. The third-order valence-corrected chi connectivity index (χ3v) is 5.84. The van der Waals surface area contributed by atoms with Gasteiger partial charge in [-0.2, -0.15) is 0 Å². The Balaban J connectivity index is 1.27. The fraction of sp³-hybridized carbons (Fsp3) is 0.429. The number of carbonyl (C=O) groups is 2. The van der Waals surface area contributed by atoms with Crippen LogP contribution in [0.25, 0.3) is 0 Å². The Bertz CT molecular complexity index is 896. The zero-order valence-electron chi connectivity index (χ0n) is 15.6. The molecule has 1 aromatic carbocycles. The van der Waals surface area contributed by atoms with E-state index < -0.39 is 5.41 Å². The number of nitrogens with zero attached hydrogens (tertiary/aromatic N) is 2. The van der Waals surface area contributed by atoms with Gasteiger partial charge in [-0.3, -0.25) is 9.59 Å². The molecule has 7 nitrogen and oxygen atoms in total. The van der Waals surface area contributed by atoms with E-state index >= 15 is 0 Å². The molecule has 28 heavy (non-hydrogen) atoms. The lowest BCUT2D eigenvalue weighted by atomic mass is 9.93. The largest absolute Gasteiger partial charge is 0.486 e. The molecule has 0 bridgehead atoms. The van der Waals surface area contributed by atoms with Crippen LogP contribution in [0.15, 0.2) is 41.0 Å². The molecule has 1 aliphatic carbocycles. The molecule has 1 aromatic heterocycles. The van der Waals surface area contributed by atoms with Gasteiger partial charge in [0.15, 0.2) is 17.3 Å². The Morgan fingerprint density at radius 3 is 2.29 bits per heavy atom. The van der Waals surface area contributed by atoms with Crippen LogP contribution < -0.4 is 9.47 Å². The van der Waals surface area contributed by atoms with Gasteiger partial charge in [-0.15, -0.1) is 0 Å². The molecule has 0 unspecified atom stereocenters. The van der Waals surface area contributed by atoms with Crippen LogP contribution in [0.3, 0.4) is 0 Å². The van der Waals surface area contributed by atoms with Crippen molar-refractivity contribution in [1.82, 2.24) is 9.80 Å². The Kier molecular flexibility index (Phi) is 4.03. The maximum absolute atomic E-state index is 13.3. The summed E-state index contributed by atoms with van der Waals surface area (Å²) >= 11 is 0. The quantitative estimate of drug-likeness (QED) is 0.813. The first kappa shape index (κ1) is 17.2. The van der Waals surface area contributed by atoms with Gasteiger partial charge in [0.25, 0.3) is 5.91 Å². The number of fused-ring (bicyclic) bond motifs is 1. The van der Waals surface area contributed by atoms with E-state index in [1.54, 1.807) is 17.0 Å². The second kappa shape index (κ2) is 6.58. The van der Waals surface area contributed by atoms with E-state index in [1.165, 1.54) is 6.26 Å². The minimum atomic E-state index is -0.455. The monoisotopic (exact) mass is 382 g/mol. The van der Waals surface area contributed by atoms with Crippen LogP contribution in [0.1, 0.15) is 29.0 Å². The summed E-state index contributed by atoms with van der Waals surface area (Å²) in [6.07, 6.45) is 3.19. The number of amides is 2. The molecule has 3 aliphatic rings. The summed E-state index contributed by atoms with van der Waals surface area (Å²) in [5.74, 6) is 1.83. The minimum Gasteiger partial charge on any atom is -0.486 e. The van der Waals surface area contributed by atoms with Crippen molar-refractivity contribution in [3.63, 3.8) is 0 Å². The maximum atomic E-state index is 13.3. The SMILES string of the molecule is O=C(c1ccco1)N1CCN(C(=O)C2(c3ccc4c(c3)OCCO4)CC2)CC1. The summed E-state index contributed by atoms with van der Waals surface area (Å²) in [4.78, 5) is 29.3. The summed E-state index contributed by atoms with van der Waals surface area (Å²) in [6, 6.07) is 9.21. The first-order valence-corrected chi connectivity index (χ1v) is 9.70. The van der Waals surface area contributed by atoms with Gasteiger partial charge in [-0.1, -0.05) is 6.07 Å². The van der Waals surface area contributed by atoms with Gasteiger partial charge >= 0.3 is 0 Å². The van der Waals surface area contributed by atoms with E-state index in [-0.39, 0.29) is 11.8 Å². The predicted molar refractivity (Wildman–Crippen MR) is 99.5 cm³/mol. The summed E-state index contributed by atoms with van der Waals surface area (Å²) in [6.45, 7) is 3.20. The second-order valence-electron chi connectivity index (χ2n) is 7.50. The number of rotatable bonds is 3. The summed E-state index contributed by atoms with van der Waals surface area (Å²) in [5.41, 5.74) is 0.541. The molecule has 146 valence electrons. The number of hydrogen-bond acceptors (Lipinski definition) is 5. The van der Waals surface area contributed by atoms with Gasteiger partial charge in [0.2, 0.25) is 5.91 Å². The highest BCUT2D eigenvalue weighted by Gasteiger charge is 2.53. The Hall–Kier alpha value is -2.96. The Morgan fingerprint density at radius 1 is 0.893 bits per heavy atom. The number of carbonyl (C=O) groups excluding carboxylic acids is 2. The molecule has 3 heterocycles. The fourth-order valence-electron chi connectivity index (χ4n) is 4.06. The third kappa shape index (κ3) is 2.82. The summed E-state index contributed by atoms with van der Waals surface area (Å²) < 4.78 is 16.5. The van der Waals surface area contributed by atoms with E-state index in [4.69, 9.17) is 13.9 Å². The maximum Gasteiger partial charge on any atom is 0.289 e. The van der Waals surface area contributed by atoms with Crippen LogP contribution in [-0.4, -0.2) is 61.0 Å². The van der Waals surface area contributed by atoms with E-state index in [0.717, 1.165) is 29.9 Å². The van der Waals surface area contributed by atoms with E-state index in [9.17, 15) is 9.59 Å². The lowest BCUT2D eigenvalue weighted by molar-refractivity contribution is -0.135. The lowest BCUT2D eigenvalue weighted by Gasteiger charge is -2.36. The van der Waals surface area contributed by atoms with Gasteiger partial charge < -0.3 is 23.7 Å². The lowest BCUT2D eigenvalue weighted by Crippen LogP contribution is -2.53. The first-order valence-electron chi connectivity index (χ1n) is 9.70. The van der Waals surface area contributed by atoms with Gasteiger partial charge in [0.1, 0.15) is 13.2 Å². The standard InChI is InChI=1S/C21H22N2O5/c24-19(17-2-1-11-26-17)22-7-9-23(10-8-22)20(25)21(5-6-21)15-3-4-16-18(14-15)28-13-12-27-16/h1-4,11,14H,5-10,12-13H2. The average molecular weight is 382 g/mol. The fourth-order valence-corrected chi connectivity index (χ4v) is 4.06. The van der Waals surface area contributed by atoms with Crippen molar-refractivity contribution in [2.75, 3.05) is 39.4 Å². The summed E-state index contributed by atoms with van der Waals surface area (Å²) in [5, 5.41) is 0. The van der Waals surface area contributed by atoms with Gasteiger partial charge in [-0.05, 0) is 42.7 Å². The Labute approximate surface area is 162 Å². The van der Waals surface area contributed by atoms with Crippen molar-refractivity contribution in [3.8, 4) is 11.5 Å². The highest BCUT2D eigenvalue weighted by Crippen LogP contribution is 2.51. The van der Waals surface area contributed by atoms with Crippen molar-refractivity contribution in [1.29, 1.82) is 0 Å². The van der Waals surface area contributed by atoms with E-state index in [1.807, 2.05) is 23.1 Å². The second-order valence-corrected chi connectivity index (χ2v) is 7.50. The van der Waals surface area contributed by atoms with Crippen molar-refractivity contribution < 1.29 is 23.5 Å². The van der Waals surface area contributed by atoms with Crippen LogP contribution >= 0.6 is 0 Å². The number of hydrogen-bond donors (Lipinski definition) is 0. The molecule has 2 amide bonds. The highest BCUT2D eigenvalue weighted by molar-refractivity contribution is 5.93. The topological polar surface area (TPSA) is 72.2 Å². The molecule has 7 heteroatoms. The normalized spacial score (nSPS) is 20.0. The molecule has 0 radical (unpaired) electrons. The zero-order chi connectivity index (χ0) is 19.1. The van der Waals surface area contributed by atoms with Crippen molar-refractivity contribution in [2.45, 2.75) is 18.3 Å². The van der Waals surface area contributed by atoms with E-state index in [2.05, 4.69) is 0 Å². The third-order valence-electron chi connectivity index (χ3n) is 5.84. The molecular formula is C21H22N2O5. The molecule has 0 N–H and O–H groups in total. The van der Waals surface area contributed by atoms with Crippen LogP contribution in [0.5, 0.6) is 11.5 Å². The van der Waals surface area contributed by atoms with Crippen LogP contribution in [-0.2, 0) is 10.2 Å². The predicted octanol–water partition coefficient (Wildman–Crippen LogP) is 2.07. The molecule has 0 spiro atoms. The smallest absolute Gasteiger partial charge is 0.289 e. The summed E-state index contributed by atoms with van der Waals surface area (Å²) in [7, 11) is 0. The molecule has 2 fully saturated rings. The van der Waals surface area contributed by atoms with Gasteiger partial charge in [-0.25, -0.2) is 0 Å². The molecule has 5 rings (SSSR count). The number of benzene rings is 1. The zero-order valence-corrected chi connectivity index (χ0v) is 15.6. The van der Waals surface area contributed by atoms with Crippen molar-refractivity contribution in [2.24, 2.45) is 0 Å². The molecular weight excluding hydrogens is 360 g/mol. The van der Waals surface area contributed by atoms with Crippen LogP contribution in [0.4, 0.5) is 0 Å². The van der Waals surface area contributed by atoms with Crippen molar-refractivity contribution >= 4 is 11.8 Å². The molecule has 0 atom stereocenters. The number of ether oxygens (including phenoxy) is 2. The number of piperazine rings is 1. The molecule has 2 aliphatic heterocycles. The van der Waals surface area contributed by atoms with Crippen LogP contribution in [0.2, 0.25) is 0 Å². The highest BCUT2D eigenvalue weighted by atomic mass is 16.6. The van der Waals surface area contributed by atoms with Crippen LogP contribution in [0, 0.1) is 0 Å². The minimum absolute atomic E-state index is 0.120. The van der Waals surface area contributed by atoms with Gasteiger partial charge in [0, 0.05) is 26.2 Å². The van der Waals surface area contributed by atoms with Crippen molar-refractivity contribution in [3.05, 3.63) is 47.9 Å². The number of furan rings is 1. The molecule has 1 saturated heterocycles. The molecule has 1 saturated carbocycles. The van der Waals surface area contributed by atoms with E-state index in [0.29, 0.717) is 45.2 Å². The first-order chi connectivity index (χ1) is 13.7. The Morgan fingerprint density at radius 2 is 1.61 bits per heavy atom.